The summed E-state index contributed by atoms with van der Waals surface area (Å²) >= 11 is 3.35. The van der Waals surface area contributed by atoms with Gasteiger partial charge in [0.2, 0.25) is 0 Å². The molecule has 0 aliphatic carbocycles. The van der Waals surface area contributed by atoms with Crippen LogP contribution in [0.25, 0.3) is 0 Å². The summed E-state index contributed by atoms with van der Waals surface area (Å²) in [7, 11) is 5.60. The van der Waals surface area contributed by atoms with Gasteiger partial charge in [0.25, 0.3) is 5.91 Å². The fraction of sp³-hybridized carbons (Fsp3) is 0.231. The number of pyridine rings is 1. The number of halogens is 1. The molecular formula is C13H15BrN4O. The van der Waals surface area contributed by atoms with Crippen molar-refractivity contribution in [2.24, 2.45) is 7.05 Å². The van der Waals surface area contributed by atoms with Crippen molar-refractivity contribution in [2.45, 2.75) is 0 Å². The van der Waals surface area contributed by atoms with Crippen molar-refractivity contribution < 1.29 is 4.79 Å². The van der Waals surface area contributed by atoms with Crippen molar-refractivity contribution in [1.82, 2.24) is 9.55 Å². The van der Waals surface area contributed by atoms with Gasteiger partial charge in [-0.1, -0.05) is 0 Å². The van der Waals surface area contributed by atoms with Gasteiger partial charge in [0.1, 0.15) is 5.69 Å². The monoisotopic (exact) mass is 322 g/mol. The number of rotatable bonds is 3. The second kappa shape index (κ2) is 5.44. The summed E-state index contributed by atoms with van der Waals surface area (Å²) in [6.45, 7) is 0. The lowest BCUT2D eigenvalue weighted by molar-refractivity contribution is 0.101. The van der Waals surface area contributed by atoms with Gasteiger partial charge in [0.05, 0.1) is 5.69 Å². The summed E-state index contributed by atoms with van der Waals surface area (Å²) in [4.78, 5) is 18.3. The van der Waals surface area contributed by atoms with E-state index in [0.717, 1.165) is 10.3 Å². The molecule has 0 bridgehead atoms. The molecule has 1 amide bonds. The molecule has 0 radical (unpaired) electrons. The van der Waals surface area contributed by atoms with E-state index in [9.17, 15) is 4.79 Å². The maximum atomic E-state index is 12.2. The first kappa shape index (κ1) is 13.6. The van der Waals surface area contributed by atoms with E-state index in [4.69, 9.17) is 0 Å². The van der Waals surface area contributed by atoms with Crippen LogP contribution >= 0.6 is 15.9 Å². The second-order valence-corrected chi connectivity index (χ2v) is 5.29. The van der Waals surface area contributed by atoms with Gasteiger partial charge in [-0.25, -0.2) is 4.98 Å². The Morgan fingerprint density at radius 3 is 2.79 bits per heavy atom. The van der Waals surface area contributed by atoms with Gasteiger partial charge in [0, 0.05) is 38.0 Å². The molecule has 0 unspecified atom stereocenters. The van der Waals surface area contributed by atoms with Crippen LogP contribution in [0.4, 0.5) is 11.5 Å². The predicted octanol–water partition coefficient (Wildman–Crippen LogP) is 2.50. The van der Waals surface area contributed by atoms with Crippen LogP contribution in [0, 0.1) is 0 Å². The van der Waals surface area contributed by atoms with Gasteiger partial charge >= 0.3 is 0 Å². The van der Waals surface area contributed by atoms with Gasteiger partial charge in [0.15, 0.2) is 5.82 Å². The number of aryl methyl sites for hydroxylation is 1. The number of carbonyl (C=O) groups excluding carboxylic acids is 1. The number of hydrogen-bond acceptors (Lipinski definition) is 3. The van der Waals surface area contributed by atoms with E-state index in [1.807, 2.05) is 38.3 Å². The lowest BCUT2D eigenvalue weighted by Gasteiger charge is -2.16. The van der Waals surface area contributed by atoms with Crippen LogP contribution in [0.15, 0.2) is 35.1 Å². The zero-order valence-corrected chi connectivity index (χ0v) is 12.6. The third-order valence-electron chi connectivity index (χ3n) is 2.66. The number of hydrogen-bond donors (Lipinski definition) is 1. The summed E-state index contributed by atoms with van der Waals surface area (Å²) < 4.78 is 2.64. The van der Waals surface area contributed by atoms with E-state index < -0.39 is 0 Å². The third-order valence-corrected chi connectivity index (χ3v) is 3.10. The minimum Gasteiger partial charge on any atom is -0.361 e. The quantitative estimate of drug-likeness (QED) is 0.944. The Kier molecular flexibility index (Phi) is 3.90. The Hall–Kier alpha value is -1.82. The molecule has 2 heterocycles. The number of nitrogens with one attached hydrogen (secondary N) is 1. The molecule has 2 aromatic heterocycles. The molecule has 6 heteroatoms. The van der Waals surface area contributed by atoms with E-state index in [1.54, 1.807) is 22.9 Å². The first-order chi connectivity index (χ1) is 8.99. The largest absolute Gasteiger partial charge is 0.361 e. The number of amides is 1. The highest BCUT2D eigenvalue weighted by atomic mass is 79.9. The minimum absolute atomic E-state index is 0.163. The Balaban J connectivity index is 2.27. The average Bonchev–Trinajstić information content (AvgIpc) is 2.69. The zero-order valence-electron chi connectivity index (χ0n) is 11.0. The molecule has 0 spiro atoms. The summed E-state index contributed by atoms with van der Waals surface area (Å²) in [6, 6.07) is 5.41. The van der Waals surface area contributed by atoms with Crippen molar-refractivity contribution in [3.05, 3.63) is 40.8 Å². The molecule has 0 saturated heterocycles. The third kappa shape index (κ3) is 2.96. The van der Waals surface area contributed by atoms with E-state index in [1.165, 1.54) is 0 Å². The van der Waals surface area contributed by atoms with Crippen molar-refractivity contribution in [1.29, 1.82) is 0 Å². The van der Waals surface area contributed by atoms with Crippen molar-refractivity contribution >= 4 is 33.3 Å². The molecule has 0 atom stereocenters. The smallest absolute Gasteiger partial charge is 0.272 e. The number of aromatic nitrogens is 2. The van der Waals surface area contributed by atoms with Crippen molar-refractivity contribution in [2.75, 3.05) is 24.3 Å². The summed E-state index contributed by atoms with van der Waals surface area (Å²) in [5.74, 6) is 0.563. The first-order valence-electron chi connectivity index (χ1n) is 5.74. The fourth-order valence-electron chi connectivity index (χ4n) is 1.79. The molecule has 0 fully saturated rings. The summed E-state index contributed by atoms with van der Waals surface area (Å²) in [5, 5.41) is 2.88. The van der Waals surface area contributed by atoms with Crippen LogP contribution in [-0.2, 0) is 7.05 Å². The van der Waals surface area contributed by atoms with Gasteiger partial charge in [-0.05, 0) is 34.1 Å². The molecule has 1 N–H and O–H groups in total. The van der Waals surface area contributed by atoms with Crippen LogP contribution in [0.3, 0.4) is 0 Å². The molecule has 19 heavy (non-hydrogen) atoms. The normalized spacial score (nSPS) is 10.3. The molecule has 0 aliphatic heterocycles. The molecule has 0 saturated carbocycles. The van der Waals surface area contributed by atoms with Crippen LogP contribution in [-0.4, -0.2) is 29.6 Å². The maximum absolute atomic E-state index is 12.2. The van der Waals surface area contributed by atoms with Crippen molar-refractivity contribution in [3.63, 3.8) is 0 Å². The van der Waals surface area contributed by atoms with E-state index in [0.29, 0.717) is 11.4 Å². The van der Waals surface area contributed by atoms with Gasteiger partial charge in [-0.3, -0.25) is 4.79 Å². The van der Waals surface area contributed by atoms with Gasteiger partial charge in [-0.2, -0.15) is 0 Å². The highest BCUT2D eigenvalue weighted by Crippen LogP contribution is 2.22. The predicted molar refractivity (Wildman–Crippen MR) is 79.6 cm³/mol. The number of nitrogens with zero attached hydrogens (tertiary/aromatic N) is 3. The molecule has 2 rings (SSSR count). The Morgan fingerprint density at radius 1 is 1.47 bits per heavy atom. The summed E-state index contributed by atoms with van der Waals surface area (Å²) in [6.07, 6.45) is 3.54. The van der Waals surface area contributed by atoms with E-state index in [2.05, 4.69) is 26.2 Å². The molecule has 5 nitrogen and oxygen atoms in total. The van der Waals surface area contributed by atoms with Crippen LogP contribution in [0.2, 0.25) is 0 Å². The molecule has 100 valence electrons. The number of anilines is 2. The topological polar surface area (TPSA) is 50.2 Å². The highest BCUT2D eigenvalue weighted by molar-refractivity contribution is 9.10. The lowest BCUT2D eigenvalue weighted by atomic mass is 10.3. The average molecular weight is 323 g/mol. The zero-order chi connectivity index (χ0) is 14.0. The molecule has 0 aliphatic rings. The van der Waals surface area contributed by atoms with Crippen LogP contribution in [0.1, 0.15) is 10.5 Å². The van der Waals surface area contributed by atoms with E-state index >= 15 is 0 Å². The summed E-state index contributed by atoms with van der Waals surface area (Å²) in [5.41, 5.74) is 1.27. The fourth-order valence-corrected chi connectivity index (χ4v) is 2.31. The van der Waals surface area contributed by atoms with Crippen LogP contribution in [0.5, 0.6) is 0 Å². The molecule has 0 aromatic carbocycles. The number of carbonyl (C=O) groups is 1. The van der Waals surface area contributed by atoms with Crippen LogP contribution < -0.4 is 10.2 Å². The van der Waals surface area contributed by atoms with Gasteiger partial charge in [-0.15, -0.1) is 0 Å². The lowest BCUT2D eigenvalue weighted by Crippen LogP contribution is -2.19. The Labute approximate surface area is 120 Å². The standard InChI is InChI=1S/C13H15BrN4O/c1-17(2)12-10(5-4-6-15-12)16-13(19)11-7-9(14)8-18(11)3/h4-8H,1-3H3,(H,16,19). The first-order valence-corrected chi connectivity index (χ1v) is 6.54. The second-order valence-electron chi connectivity index (χ2n) is 4.38. The Morgan fingerprint density at radius 2 is 2.21 bits per heavy atom. The minimum atomic E-state index is -0.163. The SMILES string of the molecule is CN(C)c1ncccc1NC(=O)c1cc(Br)cn1C. The molecular weight excluding hydrogens is 308 g/mol. The highest BCUT2D eigenvalue weighted by Gasteiger charge is 2.14. The maximum Gasteiger partial charge on any atom is 0.272 e. The van der Waals surface area contributed by atoms with Crippen molar-refractivity contribution in [3.8, 4) is 0 Å². The molecule has 2 aromatic rings. The van der Waals surface area contributed by atoms with E-state index in [-0.39, 0.29) is 5.91 Å². The van der Waals surface area contributed by atoms with Gasteiger partial charge < -0.3 is 14.8 Å². The Bertz CT molecular complexity index is 606.